The van der Waals surface area contributed by atoms with Gasteiger partial charge in [-0.3, -0.25) is 4.79 Å². The summed E-state index contributed by atoms with van der Waals surface area (Å²) in [6.45, 7) is 3.28. The third-order valence-corrected chi connectivity index (χ3v) is 5.68. The molecule has 0 spiro atoms. The Morgan fingerprint density at radius 1 is 1.06 bits per heavy atom. The van der Waals surface area contributed by atoms with E-state index in [0.29, 0.717) is 22.8 Å². The van der Waals surface area contributed by atoms with Crippen molar-refractivity contribution in [3.63, 3.8) is 0 Å². The molecule has 1 N–H and O–H groups in total. The van der Waals surface area contributed by atoms with Crippen LogP contribution in [0.5, 0.6) is 17.2 Å². The van der Waals surface area contributed by atoms with Crippen LogP contribution in [0.15, 0.2) is 12.1 Å². The van der Waals surface area contributed by atoms with Crippen molar-refractivity contribution < 1.29 is 52.3 Å². The number of amides is 1. The molecule has 2 bridgehead atoms. The summed E-state index contributed by atoms with van der Waals surface area (Å²) in [4.78, 5) is 37.7. The van der Waals surface area contributed by atoms with Crippen LogP contribution < -0.4 is 19.5 Å². The summed E-state index contributed by atoms with van der Waals surface area (Å²) < 4.78 is 43.0. The van der Waals surface area contributed by atoms with Crippen LogP contribution in [0.25, 0.3) is 0 Å². The molecule has 1 aliphatic carbocycles. The number of rotatable bonds is 4. The minimum absolute atomic E-state index is 0.000463. The summed E-state index contributed by atoms with van der Waals surface area (Å²) in [6, 6.07) is 2.32. The van der Waals surface area contributed by atoms with Gasteiger partial charge in [-0.2, -0.15) is 0 Å². The first-order valence-electron chi connectivity index (χ1n) is 10.1. The fourth-order valence-corrected chi connectivity index (χ4v) is 4.36. The van der Waals surface area contributed by atoms with Gasteiger partial charge < -0.3 is 43.2 Å². The van der Waals surface area contributed by atoms with Crippen LogP contribution in [0.2, 0.25) is 0 Å². The zero-order valence-electron chi connectivity index (χ0n) is 18.7. The van der Waals surface area contributed by atoms with Crippen LogP contribution in [0.1, 0.15) is 25.3 Å². The van der Waals surface area contributed by atoms with Crippen LogP contribution >= 0.6 is 0 Å². The van der Waals surface area contributed by atoms with Crippen LogP contribution in [-0.2, 0) is 28.5 Å². The van der Waals surface area contributed by atoms with Crippen LogP contribution in [0, 0.1) is 0 Å². The van der Waals surface area contributed by atoms with E-state index in [4.69, 9.17) is 33.2 Å². The minimum atomic E-state index is -1.25. The molecule has 1 saturated heterocycles. The summed E-state index contributed by atoms with van der Waals surface area (Å²) in [7, 11) is 3.78. The summed E-state index contributed by atoms with van der Waals surface area (Å²) in [5.74, 6) is -1.30. The molecule has 1 amide bonds. The second kappa shape index (κ2) is 8.60. The summed E-state index contributed by atoms with van der Waals surface area (Å²) >= 11 is 0. The van der Waals surface area contributed by atoms with Crippen molar-refractivity contribution in [3.8, 4) is 17.2 Å². The smallest absolute Gasteiger partial charge is 0.493 e. The fraction of sp³-hybridized carbons (Fsp3) is 0.571. The first kappa shape index (κ1) is 22.9. The molecule has 2 fully saturated rings. The first-order valence-corrected chi connectivity index (χ1v) is 10.1. The maximum Gasteiger partial charge on any atom is 0.508 e. The molecule has 1 saturated carbocycles. The average molecular weight is 467 g/mol. The lowest BCUT2D eigenvalue weighted by Crippen LogP contribution is -2.70. The first-order chi connectivity index (χ1) is 15.7. The van der Waals surface area contributed by atoms with E-state index in [-0.39, 0.29) is 6.79 Å². The molecule has 180 valence electrons. The minimum Gasteiger partial charge on any atom is -0.493 e. The van der Waals surface area contributed by atoms with E-state index in [9.17, 15) is 14.4 Å². The summed E-state index contributed by atoms with van der Waals surface area (Å²) in [5.41, 5.74) is 0.519. The van der Waals surface area contributed by atoms with Crippen LogP contribution in [0.3, 0.4) is 0 Å². The second-order valence-corrected chi connectivity index (χ2v) is 8.06. The number of fused-ring (bicyclic) bond motifs is 3. The van der Waals surface area contributed by atoms with E-state index in [0.717, 1.165) is 7.11 Å². The van der Waals surface area contributed by atoms with E-state index >= 15 is 0 Å². The lowest BCUT2D eigenvalue weighted by molar-refractivity contribution is -0.308. The Morgan fingerprint density at radius 3 is 2.45 bits per heavy atom. The molecule has 1 unspecified atom stereocenters. The molecule has 12 heteroatoms. The van der Waals surface area contributed by atoms with E-state index in [2.05, 4.69) is 10.1 Å². The normalized spacial score (nSPS) is 29.1. The van der Waals surface area contributed by atoms with Crippen molar-refractivity contribution in [2.75, 3.05) is 28.1 Å². The lowest BCUT2D eigenvalue weighted by Gasteiger charge is -2.51. The van der Waals surface area contributed by atoms with Crippen LogP contribution in [-0.4, -0.2) is 76.3 Å². The predicted octanol–water partition coefficient (Wildman–Crippen LogP) is 1.49. The predicted molar refractivity (Wildman–Crippen MR) is 107 cm³/mol. The Balaban J connectivity index is 1.86. The standard InChI is InChI=1S/C21H25NO11/c1-21(2)32-16-12(9-6-10(26-3)15-11(7-9)29-8-30-15)13(22-19(24)27-4)17(31-20(25)28-5)18(33-21)14(16)23/h6-7,12-13,16-18H,8H2,1-5H3,(H,22,24)/t12?,13-,16-,17+,18-/m1/s1. The monoisotopic (exact) mass is 467 g/mol. The molecule has 3 aliphatic rings. The molecular weight excluding hydrogens is 442 g/mol. The number of hydrogen-bond acceptors (Lipinski definition) is 11. The van der Waals surface area contributed by atoms with Gasteiger partial charge in [0.2, 0.25) is 12.5 Å². The molecule has 2 heterocycles. The van der Waals surface area contributed by atoms with Gasteiger partial charge in [0.15, 0.2) is 35.3 Å². The average Bonchev–Trinajstić information content (AvgIpc) is 3.26. The summed E-state index contributed by atoms with van der Waals surface area (Å²) in [6.07, 6.45) is -5.36. The van der Waals surface area contributed by atoms with Crippen molar-refractivity contribution in [1.29, 1.82) is 0 Å². The molecule has 0 radical (unpaired) electrons. The second-order valence-electron chi connectivity index (χ2n) is 8.06. The Labute approximate surface area is 189 Å². The number of carbonyl (C=O) groups is 3. The number of carbonyl (C=O) groups excluding carboxylic acids is 3. The maximum absolute atomic E-state index is 13.3. The highest BCUT2D eigenvalue weighted by Gasteiger charge is 2.60. The zero-order chi connectivity index (χ0) is 23.9. The maximum atomic E-state index is 13.3. The number of alkyl carbamates (subject to hydrolysis) is 1. The quantitative estimate of drug-likeness (QED) is 0.645. The van der Waals surface area contributed by atoms with Gasteiger partial charge in [-0.05, 0) is 31.5 Å². The van der Waals surface area contributed by atoms with Gasteiger partial charge in [-0.1, -0.05) is 0 Å². The van der Waals surface area contributed by atoms with Crippen LogP contribution in [0.4, 0.5) is 9.59 Å². The van der Waals surface area contributed by atoms with Gasteiger partial charge in [0.05, 0.1) is 27.4 Å². The number of Topliss-reactive ketones (excluding diaryl/α,β-unsaturated/α-hetero) is 1. The molecule has 5 atom stereocenters. The van der Waals surface area contributed by atoms with Gasteiger partial charge >= 0.3 is 12.2 Å². The molecular formula is C21H25NO11. The Kier molecular flexibility index (Phi) is 5.97. The zero-order valence-corrected chi connectivity index (χ0v) is 18.7. The van der Waals surface area contributed by atoms with Gasteiger partial charge in [0.25, 0.3) is 0 Å². The number of nitrogens with one attached hydrogen (secondary N) is 1. The molecule has 4 rings (SSSR count). The molecule has 1 aromatic rings. The lowest BCUT2D eigenvalue weighted by atomic mass is 9.73. The van der Waals surface area contributed by atoms with Gasteiger partial charge in [-0.25, -0.2) is 9.59 Å². The Morgan fingerprint density at radius 2 is 1.79 bits per heavy atom. The highest BCUT2D eigenvalue weighted by molar-refractivity contribution is 5.92. The third kappa shape index (κ3) is 4.11. The number of ketones is 1. The van der Waals surface area contributed by atoms with Gasteiger partial charge in [-0.15, -0.1) is 0 Å². The Bertz CT molecular complexity index is 962. The van der Waals surface area contributed by atoms with Crippen molar-refractivity contribution in [3.05, 3.63) is 17.7 Å². The van der Waals surface area contributed by atoms with E-state index in [1.165, 1.54) is 14.2 Å². The largest absolute Gasteiger partial charge is 0.508 e. The number of methoxy groups -OCH3 is 3. The SMILES string of the molecule is COC(=O)N[C@@H]1C(c2cc(OC)c3c(c2)OCO3)[C@H]2OC(C)(C)O[C@H](C2=O)[C@H]1OC(=O)OC. The summed E-state index contributed by atoms with van der Waals surface area (Å²) in [5, 5.41) is 2.66. The van der Waals surface area contributed by atoms with Gasteiger partial charge in [0.1, 0.15) is 6.10 Å². The van der Waals surface area contributed by atoms with Crippen molar-refractivity contribution in [1.82, 2.24) is 5.32 Å². The number of ether oxygens (including phenoxy) is 8. The van der Waals surface area contributed by atoms with Crippen molar-refractivity contribution in [2.45, 2.75) is 49.9 Å². The Hall–Kier alpha value is -3.25. The molecule has 2 aliphatic heterocycles. The molecule has 33 heavy (non-hydrogen) atoms. The molecule has 1 aromatic carbocycles. The highest BCUT2D eigenvalue weighted by Crippen LogP contribution is 2.48. The van der Waals surface area contributed by atoms with Crippen molar-refractivity contribution in [2.24, 2.45) is 0 Å². The fourth-order valence-electron chi connectivity index (χ4n) is 4.36. The van der Waals surface area contributed by atoms with Crippen molar-refractivity contribution >= 4 is 18.0 Å². The van der Waals surface area contributed by atoms with E-state index in [1.807, 2.05) is 0 Å². The highest BCUT2D eigenvalue weighted by atomic mass is 16.8. The topological polar surface area (TPSA) is 137 Å². The molecule has 12 nitrogen and oxygen atoms in total. The number of benzene rings is 1. The third-order valence-electron chi connectivity index (χ3n) is 5.68. The van der Waals surface area contributed by atoms with Gasteiger partial charge in [0, 0.05) is 5.92 Å². The van der Waals surface area contributed by atoms with E-state index in [1.54, 1.807) is 26.0 Å². The molecule has 0 aromatic heterocycles. The van der Waals surface area contributed by atoms with E-state index < -0.39 is 54.1 Å². The number of hydrogen-bond donors (Lipinski definition) is 1.